The fourth-order valence-electron chi connectivity index (χ4n) is 1.13. The first-order valence-electron chi connectivity index (χ1n) is 4.56. The summed E-state index contributed by atoms with van der Waals surface area (Å²) >= 11 is 0. The maximum atomic E-state index is 4.49. The van der Waals surface area contributed by atoms with E-state index in [0.29, 0.717) is 0 Å². The van der Waals surface area contributed by atoms with Crippen molar-refractivity contribution >= 4 is 0 Å². The minimum absolute atomic E-state index is 0. The summed E-state index contributed by atoms with van der Waals surface area (Å²) in [5, 5.41) is 4.49. The molecule has 0 aromatic heterocycles. The first kappa shape index (κ1) is 13.5. The Kier molecular flexibility index (Phi) is 6.66. The van der Waals surface area contributed by atoms with Crippen molar-refractivity contribution in [3.63, 3.8) is 0 Å². The molecule has 0 amide bonds. The number of hydrogen-bond donors (Lipinski definition) is 0. The van der Waals surface area contributed by atoms with Crippen LogP contribution in [0.25, 0.3) is 5.32 Å². The van der Waals surface area contributed by atoms with Crippen LogP contribution in [-0.2, 0) is 0 Å². The van der Waals surface area contributed by atoms with Gasteiger partial charge in [0.05, 0.1) is 0 Å². The SMILES string of the molecule is C=C(C)C[N-][C@H](C)c1ccccc1.[Li+]. The second kappa shape index (κ2) is 6.90. The van der Waals surface area contributed by atoms with Crippen molar-refractivity contribution in [3.05, 3.63) is 53.4 Å². The smallest absolute Gasteiger partial charge is 0.652 e. The molecule has 1 nitrogen and oxygen atoms in total. The zero-order valence-electron chi connectivity index (χ0n) is 9.33. The number of rotatable bonds is 4. The van der Waals surface area contributed by atoms with Crippen LogP contribution in [0.5, 0.6) is 0 Å². The molecule has 1 rings (SSSR count). The standard InChI is InChI=1S/C12H16N.Li/c1-10(2)9-13-11(3)12-7-5-4-6-8-12;/h4-8,11H,1,9H2,2-3H3;/q-1;+1/t11-;/m1./s1. The molecule has 0 aliphatic rings. The molecule has 0 aliphatic heterocycles. The van der Waals surface area contributed by atoms with Crippen LogP contribution < -0.4 is 18.9 Å². The van der Waals surface area contributed by atoms with Crippen molar-refractivity contribution in [3.8, 4) is 0 Å². The summed E-state index contributed by atoms with van der Waals surface area (Å²) < 4.78 is 0. The number of benzene rings is 1. The van der Waals surface area contributed by atoms with Gasteiger partial charge < -0.3 is 5.32 Å². The summed E-state index contributed by atoms with van der Waals surface area (Å²) in [5.41, 5.74) is 2.38. The summed E-state index contributed by atoms with van der Waals surface area (Å²) in [4.78, 5) is 0. The normalized spacial score (nSPS) is 11.6. The molecule has 70 valence electrons. The van der Waals surface area contributed by atoms with Gasteiger partial charge in [0.15, 0.2) is 0 Å². The molecule has 0 bridgehead atoms. The molecule has 0 saturated carbocycles. The Labute approximate surface area is 98.8 Å². The number of hydrogen-bond acceptors (Lipinski definition) is 0. The van der Waals surface area contributed by atoms with Crippen LogP contribution in [-0.4, -0.2) is 6.54 Å². The second-order valence-electron chi connectivity index (χ2n) is 3.38. The Morgan fingerprint density at radius 1 is 1.36 bits per heavy atom. The van der Waals surface area contributed by atoms with Gasteiger partial charge in [-0.15, -0.1) is 24.7 Å². The minimum atomic E-state index is 0. The maximum Gasteiger partial charge on any atom is 1.00 e. The van der Waals surface area contributed by atoms with Crippen LogP contribution in [0.2, 0.25) is 0 Å². The van der Waals surface area contributed by atoms with Crippen molar-refractivity contribution in [2.24, 2.45) is 0 Å². The maximum absolute atomic E-state index is 4.49. The molecule has 0 heterocycles. The summed E-state index contributed by atoms with van der Waals surface area (Å²) in [5.74, 6) is 0. The zero-order valence-corrected chi connectivity index (χ0v) is 9.33. The molecule has 0 saturated heterocycles. The zero-order chi connectivity index (χ0) is 9.68. The van der Waals surface area contributed by atoms with Gasteiger partial charge in [-0.05, 0) is 6.92 Å². The van der Waals surface area contributed by atoms with Gasteiger partial charge in [0.1, 0.15) is 0 Å². The Hall–Kier alpha value is -0.483. The molecule has 0 radical (unpaired) electrons. The first-order valence-corrected chi connectivity index (χ1v) is 4.56. The van der Waals surface area contributed by atoms with Gasteiger partial charge in [-0.25, -0.2) is 0 Å². The van der Waals surface area contributed by atoms with E-state index < -0.39 is 0 Å². The largest absolute Gasteiger partial charge is 1.00 e. The quantitative estimate of drug-likeness (QED) is 0.479. The molecule has 1 aromatic carbocycles. The Morgan fingerprint density at radius 2 is 1.93 bits per heavy atom. The van der Waals surface area contributed by atoms with Crippen LogP contribution in [0.4, 0.5) is 0 Å². The van der Waals surface area contributed by atoms with Crippen LogP contribution in [0.1, 0.15) is 25.5 Å². The molecule has 0 fully saturated rings. The van der Waals surface area contributed by atoms with E-state index in [0.717, 1.165) is 12.1 Å². The van der Waals surface area contributed by atoms with Crippen molar-refractivity contribution in [1.82, 2.24) is 0 Å². The monoisotopic (exact) mass is 181 g/mol. The van der Waals surface area contributed by atoms with Gasteiger partial charge in [0.25, 0.3) is 0 Å². The fourth-order valence-corrected chi connectivity index (χ4v) is 1.13. The third-order valence-electron chi connectivity index (χ3n) is 1.92. The van der Waals surface area contributed by atoms with Crippen molar-refractivity contribution in [2.75, 3.05) is 6.54 Å². The van der Waals surface area contributed by atoms with Gasteiger partial charge >= 0.3 is 18.9 Å². The van der Waals surface area contributed by atoms with Crippen LogP contribution in [0.15, 0.2) is 42.5 Å². The molecule has 0 unspecified atom stereocenters. The van der Waals surface area contributed by atoms with Crippen molar-refractivity contribution in [2.45, 2.75) is 19.9 Å². The van der Waals surface area contributed by atoms with Gasteiger partial charge in [-0.3, -0.25) is 0 Å². The predicted octanol–water partition coefficient (Wildman–Crippen LogP) is 0.701. The summed E-state index contributed by atoms with van der Waals surface area (Å²) in [6, 6.07) is 10.6. The Morgan fingerprint density at radius 3 is 2.43 bits per heavy atom. The van der Waals surface area contributed by atoms with E-state index in [4.69, 9.17) is 0 Å². The summed E-state index contributed by atoms with van der Waals surface area (Å²) in [6.07, 6.45) is 0. The molecule has 0 aliphatic carbocycles. The molecule has 2 heteroatoms. The van der Waals surface area contributed by atoms with E-state index >= 15 is 0 Å². The average molecular weight is 181 g/mol. The topological polar surface area (TPSA) is 14.1 Å². The molecule has 0 N–H and O–H groups in total. The van der Waals surface area contributed by atoms with Gasteiger partial charge in [-0.1, -0.05) is 42.8 Å². The van der Waals surface area contributed by atoms with E-state index in [2.05, 4.69) is 31.0 Å². The first-order chi connectivity index (χ1) is 6.20. The van der Waals surface area contributed by atoms with Gasteiger partial charge in [0, 0.05) is 0 Å². The fraction of sp³-hybridized carbons (Fsp3) is 0.333. The van der Waals surface area contributed by atoms with Gasteiger partial charge in [-0.2, -0.15) is 0 Å². The summed E-state index contributed by atoms with van der Waals surface area (Å²) in [7, 11) is 0. The molecule has 0 spiro atoms. The molecule has 1 aromatic rings. The van der Waals surface area contributed by atoms with Crippen LogP contribution in [0, 0.1) is 0 Å². The van der Waals surface area contributed by atoms with Gasteiger partial charge in [0.2, 0.25) is 0 Å². The minimum Gasteiger partial charge on any atom is -0.652 e. The number of nitrogens with zero attached hydrogens (tertiary/aromatic N) is 1. The summed E-state index contributed by atoms with van der Waals surface area (Å²) in [6.45, 7) is 8.70. The third-order valence-corrected chi connectivity index (χ3v) is 1.92. The molecular weight excluding hydrogens is 165 g/mol. The van der Waals surface area contributed by atoms with E-state index in [9.17, 15) is 0 Å². The average Bonchev–Trinajstić information content (AvgIpc) is 2.15. The van der Waals surface area contributed by atoms with Crippen LogP contribution >= 0.6 is 0 Å². The second-order valence-corrected chi connectivity index (χ2v) is 3.38. The molecule has 1 atom stereocenters. The van der Waals surface area contributed by atoms with E-state index in [1.54, 1.807) is 0 Å². The Bertz CT molecular complexity index is 269. The molecule has 14 heavy (non-hydrogen) atoms. The van der Waals surface area contributed by atoms with E-state index in [1.807, 2.05) is 25.1 Å². The van der Waals surface area contributed by atoms with E-state index in [1.165, 1.54) is 5.56 Å². The van der Waals surface area contributed by atoms with E-state index in [-0.39, 0.29) is 24.9 Å². The van der Waals surface area contributed by atoms with Crippen molar-refractivity contribution in [1.29, 1.82) is 0 Å². The third kappa shape index (κ3) is 4.67. The van der Waals surface area contributed by atoms with Crippen LogP contribution in [0.3, 0.4) is 0 Å². The Balaban J connectivity index is 0.00000169. The predicted molar refractivity (Wildman–Crippen MR) is 57.9 cm³/mol. The molecular formula is C12H16LiN. The van der Waals surface area contributed by atoms with Crippen molar-refractivity contribution < 1.29 is 18.9 Å².